The summed E-state index contributed by atoms with van der Waals surface area (Å²) < 4.78 is 5.32. The standard InChI is InChI=1S/C15H29N3O2/c1-3-13-4-6-15(12-16,7-5-13)17(2)14(19)18-8-10-20-11-9-18/h13H,3-12,16H2,1-2H3. The first-order valence-corrected chi connectivity index (χ1v) is 7.93. The SMILES string of the molecule is CCC1CCC(CN)(N(C)C(=O)N2CCOCC2)CC1. The predicted octanol–water partition coefficient (Wildman–Crippen LogP) is 1.67. The highest BCUT2D eigenvalue weighted by Crippen LogP contribution is 2.37. The van der Waals surface area contributed by atoms with Crippen molar-refractivity contribution in [2.75, 3.05) is 39.9 Å². The summed E-state index contributed by atoms with van der Waals surface area (Å²) in [4.78, 5) is 16.5. The van der Waals surface area contributed by atoms with Crippen molar-refractivity contribution in [2.24, 2.45) is 11.7 Å². The number of urea groups is 1. The van der Waals surface area contributed by atoms with Gasteiger partial charge in [-0.3, -0.25) is 0 Å². The minimum absolute atomic E-state index is 0.119. The molecule has 0 aromatic carbocycles. The molecule has 0 radical (unpaired) electrons. The molecule has 5 nitrogen and oxygen atoms in total. The van der Waals surface area contributed by atoms with Crippen molar-refractivity contribution in [1.82, 2.24) is 9.80 Å². The summed E-state index contributed by atoms with van der Waals surface area (Å²) in [6, 6.07) is 0.119. The average molecular weight is 283 g/mol. The molecule has 0 aromatic heterocycles. The fourth-order valence-electron chi connectivity index (χ4n) is 3.47. The summed E-state index contributed by atoms with van der Waals surface area (Å²) in [5.74, 6) is 0.807. The molecule has 2 N–H and O–H groups in total. The fraction of sp³-hybridized carbons (Fsp3) is 0.933. The molecule has 2 fully saturated rings. The first-order chi connectivity index (χ1) is 9.63. The van der Waals surface area contributed by atoms with E-state index in [0.717, 1.165) is 18.8 Å². The highest BCUT2D eigenvalue weighted by atomic mass is 16.5. The molecule has 2 amide bonds. The Morgan fingerprint density at radius 2 is 1.95 bits per heavy atom. The highest BCUT2D eigenvalue weighted by molar-refractivity contribution is 5.75. The summed E-state index contributed by atoms with van der Waals surface area (Å²) in [7, 11) is 1.93. The number of likely N-dealkylation sites (N-methyl/N-ethyl adjacent to an activating group) is 1. The van der Waals surface area contributed by atoms with Gasteiger partial charge in [-0.2, -0.15) is 0 Å². The molecule has 1 heterocycles. The van der Waals surface area contributed by atoms with Gasteiger partial charge in [-0.1, -0.05) is 13.3 Å². The van der Waals surface area contributed by atoms with Gasteiger partial charge in [0, 0.05) is 26.7 Å². The van der Waals surface area contributed by atoms with Crippen molar-refractivity contribution < 1.29 is 9.53 Å². The average Bonchev–Trinajstić information content (AvgIpc) is 2.54. The lowest BCUT2D eigenvalue weighted by Gasteiger charge is -2.47. The molecule has 0 bridgehead atoms. The zero-order chi connectivity index (χ0) is 14.6. The van der Waals surface area contributed by atoms with E-state index in [-0.39, 0.29) is 11.6 Å². The molecule has 1 saturated carbocycles. The molecular formula is C15H29N3O2. The second-order valence-corrected chi connectivity index (χ2v) is 6.22. The van der Waals surface area contributed by atoms with Crippen LogP contribution in [0.1, 0.15) is 39.0 Å². The minimum atomic E-state index is -0.138. The van der Waals surface area contributed by atoms with Gasteiger partial charge in [0.25, 0.3) is 0 Å². The van der Waals surface area contributed by atoms with Crippen LogP contribution in [-0.4, -0.2) is 61.3 Å². The first-order valence-electron chi connectivity index (χ1n) is 7.93. The minimum Gasteiger partial charge on any atom is -0.378 e. The molecule has 116 valence electrons. The Hall–Kier alpha value is -0.810. The largest absolute Gasteiger partial charge is 0.378 e. The molecule has 0 spiro atoms. The van der Waals surface area contributed by atoms with Crippen LogP contribution in [0.3, 0.4) is 0 Å². The van der Waals surface area contributed by atoms with Crippen LogP contribution in [0.4, 0.5) is 4.79 Å². The van der Waals surface area contributed by atoms with E-state index < -0.39 is 0 Å². The Bertz CT molecular complexity index is 321. The Kier molecular flexibility index (Phi) is 5.27. The van der Waals surface area contributed by atoms with E-state index in [2.05, 4.69) is 6.92 Å². The predicted molar refractivity (Wildman–Crippen MR) is 79.6 cm³/mol. The molecule has 5 heteroatoms. The van der Waals surface area contributed by atoms with Crippen LogP contribution in [0.25, 0.3) is 0 Å². The van der Waals surface area contributed by atoms with Gasteiger partial charge in [0.1, 0.15) is 0 Å². The third-order valence-corrected chi connectivity index (χ3v) is 5.27. The molecule has 0 unspecified atom stereocenters. The lowest BCUT2D eigenvalue weighted by molar-refractivity contribution is 0.0237. The summed E-state index contributed by atoms with van der Waals surface area (Å²) in [5, 5.41) is 0. The quantitative estimate of drug-likeness (QED) is 0.857. The molecular weight excluding hydrogens is 254 g/mol. The maximum absolute atomic E-state index is 12.7. The van der Waals surface area contributed by atoms with Crippen molar-refractivity contribution in [3.63, 3.8) is 0 Å². The Morgan fingerprint density at radius 1 is 1.35 bits per heavy atom. The van der Waals surface area contributed by atoms with Crippen LogP contribution in [-0.2, 0) is 4.74 Å². The second-order valence-electron chi connectivity index (χ2n) is 6.22. The van der Waals surface area contributed by atoms with Crippen molar-refractivity contribution in [3.05, 3.63) is 0 Å². The number of hydrogen-bond donors (Lipinski definition) is 1. The summed E-state index contributed by atoms with van der Waals surface area (Å²) in [6.07, 6.45) is 5.69. The number of nitrogens with zero attached hydrogens (tertiary/aromatic N) is 2. The molecule has 2 aliphatic rings. The Labute approximate surface area is 122 Å². The van der Waals surface area contributed by atoms with Gasteiger partial charge in [0.05, 0.1) is 18.8 Å². The Morgan fingerprint density at radius 3 is 2.45 bits per heavy atom. The van der Waals surface area contributed by atoms with Gasteiger partial charge in [-0.05, 0) is 31.6 Å². The van der Waals surface area contributed by atoms with Gasteiger partial charge >= 0.3 is 6.03 Å². The van der Waals surface area contributed by atoms with Crippen molar-refractivity contribution in [3.8, 4) is 0 Å². The monoisotopic (exact) mass is 283 g/mol. The van der Waals surface area contributed by atoms with Crippen LogP contribution in [0.2, 0.25) is 0 Å². The van der Waals surface area contributed by atoms with Crippen molar-refractivity contribution in [2.45, 2.75) is 44.6 Å². The van der Waals surface area contributed by atoms with Crippen LogP contribution < -0.4 is 5.73 Å². The maximum Gasteiger partial charge on any atom is 0.320 e. The summed E-state index contributed by atoms with van der Waals surface area (Å²) in [6.45, 7) is 5.50. The number of rotatable bonds is 3. The van der Waals surface area contributed by atoms with E-state index in [9.17, 15) is 4.79 Å². The van der Waals surface area contributed by atoms with E-state index >= 15 is 0 Å². The Balaban J connectivity index is 2.00. The number of ether oxygens (including phenoxy) is 1. The lowest BCUT2D eigenvalue weighted by Crippen LogP contribution is -2.60. The van der Waals surface area contributed by atoms with Crippen LogP contribution in [0, 0.1) is 5.92 Å². The molecule has 20 heavy (non-hydrogen) atoms. The molecule has 1 saturated heterocycles. The van der Waals surface area contributed by atoms with Crippen LogP contribution in [0.5, 0.6) is 0 Å². The third kappa shape index (κ3) is 3.09. The molecule has 0 aromatic rings. The lowest BCUT2D eigenvalue weighted by atomic mass is 9.75. The number of morpholine rings is 1. The zero-order valence-corrected chi connectivity index (χ0v) is 12.9. The fourth-order valence-corrected chi connectivity index (χ4v) is 3.47. The second kappa shape index (κ2) is 6.76. The van der Waals surface area contributed by atoms with Gasteiger partial charge in [0.15, 0.2) is 0 Å². The van der Waals surface area contributed by atoms with E-state index in [4.69, 9.17) is 10.5 Å². The third-order valence-electron chi connectivity index (χ3n) is 5.27. The van der Waals surface area contributed by atoms with Crippen LogP contribution in [0.15, 0.2) is 0 Å². The van der Waals surface area contributed by atoms with Gasteiger partial charge in [-0.15, -0.1) is 0 Å². The number of nitrogens with two attached hydrogens (primary N) is 1. The van der Waals surface area contributed by atoms with E-state index in [1.54, 1.807) is 0 Å². The van der Waals surface area contributed by atoms with Gasteiger partial charge in [0.2, 0.25) is 0 Å². The van der Waals surface area contributed by atoms with E-state index in [1.807, 2.05) is 16.8 Å². The molecule has 1 aliphatic heterocycles. The van der Waals surface area contributed by atoms with E-state index in [0.29, 0.717) is 32.8 Å². The first kappa shape index (κ1) is 15.6. The normalized spacial score (nSPS) is 31.1. The number of carbonyl (C=O) groups excluding carboxylic acids is 1. The number of amides is 2. The van der Waals surface area contributed by atoms with Crippen molar-refractivity contribution >= 4 is 6.03 Å². The summed E-state index contributed by atoms with van der Waals surface area (Å²) >= 11 is 0. The smallest absolute Gasteiger partial charge is 0.320 e. The molecule has 0 atom stereocenters. The topological polar surface area (TPSA) is 58.8 Å². The van der Waals surface area contributed by atoms with Crippen LogP contribution >= 0.6 is 0 Å². The summed E-state index contributed by atoms with van der Waals surface area (Å²) in [5.41, 5.74) is 5.92. The molecule has 2 rings (SSSR count). The van der Waals surface area contributed by atoms with Gasteiger partial charge < -0.3 is 20.3 Å². The zero-order valence-electron chi connectivity index (χ0n) is 12.9. The maximum atomic E-state index is 12.7. The van der Waals surface area contributed by atoms with Gasteiger partial charge in [-0.25, -0.2) is 4.79 Å². The number of carbonyl (C=O) groups is 1. The molecule has 1 aliphatic carbocycles. The number of hydrogen-bond acceptors (Lipinski definition) is 3. The highest BCUT2D eigenvalue weighted by Gasteiger charge is 2.40. The van der Waals surface area contributed by atoms with Crippen molar-refractivity contribution in [1.29, 1.82) is 0 Å². The van der Waals surface area contributed by atoms with E-state index in [1.165, 1.54) is 19.3 Å².